The molecule has 0 N–H and O–H groups in total. The van der Waals surface area contributed by atoms with E-state index in [9.17, 15) is 4.79 Å². The molecule has 0 aliphatic carbocycles. The van der Waals surface area contributed by atoms with Crippen molar-refractivity contribution in [3.05, 3.63) is 0 Å². The van der Waals surface area contributed by atoms with Crippen LogP contribution in [0.1, 0.15) is 32.1 Å². The number of carbonyl (C=O) groups is 1. The van der Waals surface area contributed by atoms with E-state index < -0.39 is 0 Å². The highest BCUT2D eigenvalue weighted by atomic mass is 79.9. The van der Waals surface area contributed by atoms with Gasteiger partial charge in [0.2, 0.25) is 0 Å². The van der Waals surface area contributed by atoms with Crippen LogP contribution in [0.15, 0.2) is 0 Å². The summed E-state index contributed by atoms with van der Waals surface area (Å²) >= 11 is 3.29. The minimum Gasteiger partial charge on any atom is -0.303 e. The molecule has 11 heavy (non-hydrogen) atoms. The zero-order chi connectivity index (χ0) is 8.36. The van der Waals surface area contributed by atoms with Crippen molar-refractivity contribution in [1.29, 1.82) is 0 Å². The van der Waals surface area contributed by atoms with Gasteiger partial charge in [0.05, 0.1) is 0 Å². The Morgan fingerprint density at radius 2 is 1.91 bits per heavy atom. The average Bonchev–Trinajstić information content (AvgIpc) is 2.03. The van der Waals surface area contributed by atoms with Crippen LogP contribution in [0.3, 0.4) is 0 Å². The minimum atomic E-state index is 0.681. The van der Waals surface area contributed by atoms with E-state index in [0.29, 0.717) is 6.42 Å². The second-order valence-corrected chi connectivity index (χ2v) is 3.00. The molecule has 0 atom stereocenters. The van der Waals surface area contributed by atoms with Crippen molar-refractivity contribution in [2.24, 2.45) is 0 Å². The largest absolute Gasteiger partial charge is 0.303 e. The highest BCUT2D eigenvalue weighted by Crippen LogP contribution is 1.96. The topological polar surface area (TPSA) is 17.1 Å². The molecule has 0 aliphatic heterocycles. The summed E-state index contributed by atoms with van der Waals surface area (Å²) in [6.45, 7) is 0. The fourth-order valence-electron chi connectivity index (χ4n) is 0.665. The highest BCUT2D eigenvalue weighted by molar-refractivity contribution is 9.09. The summed E-state index contributed by atoms with van der Waals surface area (Å²) in [6, 6.07) is 0. The second kappa shape index (κ2) is 9.71. The summed E-state index contributed by atoms with van der Waals surface area (Å²) in [6.07, 6.45) is 5.53. The summed E-state index contributed by atoms with van der Waals surface area (Å²) in [5.41, 5.74) is 0. The van der Waals surface area contributed by atoms with Gasteiger partial charge in [-0.15, -0.1) is 11.8 Å². The molecule has 0 fully saturated rings. The predicted molar refractivity (Wildman–Crippen MR) is 50.7 cm³/mol. The van der Waals surface area contributed by atoms with Gasteiger partial charge in [-0.25, -0.2) is 0 Å². The molecule has 0 spiro atoms. The third-order valence-electron chi connectivity index (χ3n) is 1.22. The molecule has 0 radical (unpaired) electrons. The lowest BCUT2D eigenvalue weighted by Crippen LogP contribution is -1.76. The highest BCUT2D eigenvalue weighted by Gasteiger charge is 1.83. The zero-order valence-electron chi connectivity index (χ0n) is 6.61. The van der Waals surface area contributed by atoms with Crippen molar-refractivity contribution < 1.29 is 4.79 Å². The lowest BCUT2D eigenvalue weighted by molar-refractivity contribution is -0.107. The van der Waals surface area contributed by atoms with Gasteiger partial charge in [0.1, 0.15) is 6.29 Å². The summed E-state index contributed by atoms with van der Waals surface area (Å²) < 4.78 is 0. The fourth-order valence-corrected chi connectivity index (χ4v) is 0.863. The zero-order valence-corrected chi connectivity index (χ0v) is 8.19. The van der Waals surface area contributed by atoms with E-state index >= 15 is 0 Å². The minimum absolute atomic E-state index is 0.681. The standard InChI is InChI=1S/C9H13BrO/c10-8-6-4-2-1-3-5-7-9-11/h9H,1,3,5-8H2. The van der Waals surface area contributed by atoms with E-state index in [4.69, 9.17) is 0 Å². The number of hydrogen-bond donors (Lipinski definition) is 0. The first kappa shape index (κ1) is 10.7. The van der Waals surface area contributed by atoms with Gasteiger partial charge < -0.3 is 4.79 Å². The van der Waals surface area contributed by atoms with E-state index in [-0.39, 0.29) is 0 Å². The molecule has 0 bridgehead atoms. The van der Waals surface area contributed by atoms with Crippen molar-refractivity contribution in [1.82, 2.24) is 0 Å². The number of halogens is 1. The maximum Gasteiger partial charge on any atom is 0.119 e. The smallest absolute Gasteiger partial charge is 0.119 e. The Balaban J connectivity index is 3.02. The molecule has 0 saturated heterocycles. The number of unbranched alkanes of at least 4 members (excludes halogenated alkanes) is 3. The van der Waals surface area contributed by atoms with Crippen LogP contribution in [-0.2, 0) is 4.79 Å². The fraction of sp³-hybridized carbons (Fsp3) is 0.667. The maximum atomic E-state index is 9.90. The predicted octanol–water partition coefficient (Wildman–Crippen LogP) is 2.53. The Bertz CT molecular complexity index is 143. The quantitative estimate of drug-likeness (QED) is 0.299. The molecule has 2 heteroatoms. The average molecular weight is 217 g/mol. The van der Waals surface area contributed by atoms with Crippen molar-refractivity contribution in [3.8, 4) is 11.8 Å². The molecule has 0 aromatic heterocycles. The monoisotopic (exact) mass is 216 g/mol. The molecule has 0 aromatic carbocycles. The summed E-state index contributed by atoms with van der Waals surface area (Å²) in [7, 11) is 0. The number of carbonyl (C=O) groups excluding carboxylic acids is 1. The van der Waals surface area contributed by atoms with Crippen LogP contribution in [0.25, 0.3) is 0 Å². The van der Waals surface area contributed by atoms with Crippen molar-refractivity contribution in [2.75, 3.05) is 5.33 Å². The van der Waals surface area contributed by atoms with Crippen molar-refractivity contribution >= 4 is 22.2 Å². The van der Waals surface area contributed by atoms with Gasteiger partial charge in [-0.3, -0.25) is 0 Å². The molecule has 0 saturated carbocycles. The molecule has 0 aromatic rings. The first-order valence-electron chi connectivity index (χ1n) is 3.87. The van der Waals surface area contributed by atoms with E-state index in [1.165, 1.54) is 0 Å². The Labute approximate surface area is 76.7 Å². The Hall–Kier alpha value is -0.290. The molecular formula is C9H13BrO. The SMILES string of the molecule is O=CCCCCC#CCCBr. The van der Waals surface area contributed by atoms with Crippen LogP contribution < -0.4 is 0 Å². The van der Waals surface area contributed by atoms with Crippen LogP contribution in [0.2, 0.25) is 0 Å². The molecule has 1 nitrogen and oxygen atoms in total. The number of hydrogen-bond acceptors (Lipinski definition) is 1. The number of aldehydes is 1. The Morgan fingerprint density at radius 1 is 1.18 bits per heavy atom. The summed E-state index contributed by atoms with van der Waals surface area (Å²) in [4.78, 5) is 9.90. The van der Waals surface area contributed by atoms with E-state index in [1.54, 1.807) is 0 Å². The second-order valence-electron chi connectivity index (χ2n) is 2.20. The third-order valence-corrected chi connectivity index (χ3v) is 1.61. The molecule has 0 heterocycles. The number of alkyl halides is 1. The van der Waals surface area contributed by atoms with Crippen LogP contribution in [-0.4, -0.2) is 11.6 Å². The maximum absolute atomic E-state index is 9.90. The number of rotatable bonds is 5. The van der Waals surface area contributed by atoms with Crippen LogP contribution in [0.5, 0.6) is 0 Å². The van der Waals surface area contributed by atoms with Gasteiger partial charge in [0.15, 0.2) is 0 Å². The molecular weight excluding hydrogens is 204 g/mol. The summed E-state index contributed by atoms with van der Waals surface area (Å²) in [5.74, 6) is 6.08. The lowest BCUT2D eigenvalue weighted by Gasteiger charge is -1.87. The molecule has 0 unspecified atom stereocenters. The van der Waals surface area contributed by atoms with Gasteiger partial charge in [-0.1, -0.05) is 15.9 Å². The van der Waals surface area contributed by atoms with Crippen LogP contribution in [0.4, 0.5) is 0 Å². The van der Waals surface area contributed by atoms with Gasteiger partial charge in [-0.05, 0) is 12.8 Å². The van der Waals surface area contributed by atoms with Gasteiger partial charge >= 0.3 is 0 Å². The van der Waals surface area contributed by atoms with E-state index in [0.717, 1.165) is 37.3 Å². The van der Waals surface area contributed by atoms with Gasteiger partial charge in [0.25, 0.3) is 0 Å². The first-order valence-corrected chi connectivity index (χ1v) is 4.99. The normalized spacial score (nSPS) is 8.45. The van der Waals surface area contributed by atoms with Crippen LogP contribution >= 0.6 is 15.9 Å². The first-order chi connectivity index (χ1) is 5.41. The Morgan fingerprint density at radius 3 is 2.55 bits per heavy atom. The van der Waals surface area contributed by atoms with Gasteiger partial charge in [0, 0.05) is 24.6 Å². The molecule has 0 amide bonds. The summed E-state index contributed by atoms with van der Waals surface area (Å²) in [5, 5.41) is 0.953. The van der Waals surface area contributed by atoms with Crippen molar-refractivity contribution in [2.45, 2.75) is 32.1 Å². The lowest BCUT2D eigenvalue weighted by atomic mass is 10.2. The third kappa shape index (κ3) is 9.71. The Kier molecular flexibility index (Phi) is 9.45. The van der Waals surface area contributed by atoms with E-state index in [1.807, 2.05) is 0 Å². The van der Waals surface area contributed by atoms with E-state index in [2.05, 4.69) is 27.8 Å². The van der Waals surface area contributed by atoms with Gasteiger partial charge in [-0.2, -0.15) is 0 Å². The molecule has 0 rings (SSSR count). The molecule has 62 valence electrons. The molecule has 0 aliphatic rings. The van der Waals surface area contributed by atoms with Crippen LogP contribution in [0, 0.1) is 11.8 Å². The van der Waals surface area contributed by atoms with Crippen molar-refractivity contribution in [3.63, 3.8) is 0 Å².